The Kier molecular flexibility index (Phi) is 1.91. The largest absolute Gasteiger partial charge is 0.384 e. The smallest absolute Gasteiger partial charge is 0.127 e. The lowest BCUT2D eigenvalue weighted by Crippen LogP contribution is -2.14. The van der Waals surface area contributed by atoms with Gasteiger partial charge in [0.1, 0.15) is 12.1 Å². The van der Waals surface area contributed by atoms with E-state index >= 15 is 0 Å². The standard InChI is InChI=1S/C8H12N4/c9-8-4-7(11-5-12-8)6-2-1-3-10-6/h4-6,10H,1-3H2,(H2,9,11,12)/t6-/m0/s1. The topological polar surface area (TPSA) is 63.8 Å². The van der Waals surface area contributed by atoms with Gasteiger partial charge in [0.15, 0.2) is 0 Å². The van der Waals surface area contributed by atoms with Crippen molar-refractivity contribution >= 4 is 5.82 Å². The van der Waals surface area contributed by atoms with Crippen molar-refractivity contribution in [2.24, 2.45) is 0 Å². The first kappa shape index (κ1) is 7.49. The van der Waals surface area contributed by atoms with E-state index in [9.17, 15) is 0 Å². The molecule has 1 aromatic rings. The fourth-order valence-corrected chi connectivity index (χ4v) is 1.52. The van der Waals surface area contributed by atoms with Gasteiger partial charge in [0, 0.05) is 12.1 Å². The lowest BCUT2D eigenvalue weighted by atomic mass is 10.1. The zero-order valence-corrected chi connectivity index (χ0v) is 6.83. The highest BCUT2D eigenvalue weighted by Gasteiger charge is 2.17. The second kappa shape index (κ2) is 3.06. The van der Waals surface area contributed by atoms with Gasteiger partial charge in [0.2, 0.25) is 0 Å². The van der Waals surface area contributed by atoms with Crippen molar-refractivity contribution in [3.05, 3.63) is 18.1 Å². The lowest BCUT2D eigenvalue weighted by molar-refractivity contribution is 0.626. The molecule has 2 heterocycles. The van der Waals surface area contributed by atoms with Gasteiger partial charge in [-0.15, -0.1) is 0 Å². The van der Waals surface area contributed by atoms with E-state index in [1.807, 2.05) is 6.07 Å². The number of nitrogens with two attached hydrogens (primary N) is 1. The number of nitrogens with one attached hydrogen (secondary N) is 1. The van der Waals surface area contributed by atoms with E-state index in [-0.39, 0.29) is 0 Å². The second-order valence-electron chi connectivity index (χ2n) is 3.02. The third kappa shape index (κ3) is 1.38. The van der Waals surface area contributed by atoms with Gasteiger partial charge in [-0.1, -0.05) is 0 Å². The molecule has 4 nitrogen and oxygen atoms in total. The quantitative estimate of drug-likeness (QED) is 0.633. The zero-order valence-electron chi connectivity index (χ0n) is 6.83. The van der Waals surface area contributed by atoms with Crippen molar-refractivity contribution in [1.82, 2.24) is 15.3 Å². The van der Waals surface area contributed by atoms with Crippen LogP contribution in [0.1, 0.15) is 24.6 Å². The highest BCUT2D eigenvalue weighted by atomic mass is 15.0. The van der Waals surface area contributed by atoms with E-state index in [1.54, 1.807) is 0 Å². The predicted molar refractivity (Wildman–Crippen MR) is 46.4 cm³/mol. The molecule has 0 amide bonds. The summed E-state index contributed by atoms with van der Waals surface area (Å²) in [6.45, 7) is 1.08. The number of aromatic nitrogens is 2. The van der Waals surface area contributed by atoms with Gasteiger partial charge in [-0.3, -0.25) is 0 Å². The SMILES string of the molecule is Nc1cc([C@@H]2CCCN2)ncn1. The van der Waals surface area contributed by atoms with Gasteiger partial charge >= 0.3 is 0 Å². The highest BCUT2D eigenvalue weighted by molar-refractivity contribution is 5.29. The molecule has 64 valence electrons. The predicted octanol–water partition coefficient (Wildman–Crippen LogP) is 0.483. The van der Waals surface area contributed by atoms with Crippen LogP contribution in [0.2, 0.25) is 0 Å². The Balaban J connectivity index is 2.21. The van der Waals surface area contributed by atoms with Crippen LogP contribution in [0, 0.1) is 0 Å². The summed E-state index contributed by atoms with van der Waals surface area (Å²) in [6, 6.07) is 2.22. The van der Waals surface area contributed by atoms with E-state index in [0.29, 0.717) is 11.9 Å². The van der Waals surface area contributed by atoms with Gasteiger partial charge in [-0.25, -0.2) is 9.97 Å². The molecule has 12 heavy (non-hydrogen) atoms. The van der Waals surface area contributed by atoms with Crippen molar-refractivity contribution in [3.8, 4) is 0 Å². The number of anilines is 1. The molecule has 1 aliphatic heterocycles. The minimum Gasteiger partial charge on any atom is -0.384 e. The van der Waals surface area contributed by atoms with Crippen LogP contribution in [0.15, 0.2) is 12.4 Å². The summed E-state index contributed by atoms with van der Waals surface area (Å²) in [5, 5.41) is 3.35. The molecule has 0 bridgehead atoms. The van der Waals surface area contributed by atoms with Gasteiger partial charge in [-0.05, 0) is 19.4 Å². The maximum absolute atomic E-state index is 5.55. The maximum atomic E-state index is 5.55. The Morgan fingerprint density at radius 1 is 1.50 bits per heavy atom. The summed E-state index contributed by atoms with van der Waals surface area (Å²) in [6.07, 6.45) is 3.88. The van der Waals surface area contributed by atoms with Gasteiger partial charge in [0.25, 0.3) is 0 Å². The minimum absolute atomic E-state index is 0.385. The zero-order chi connectivity index (χ0) is 8.39. The summed E-state index contributed by atoms with van der Waals surface area (Å²) in [7, 11) is 0. The minimum atomic E-state index is 0.385. The van der Waals surface area contributed by atoms with Crippen molar-refractivity contribution < 1.29 is 0 Å². The van der Waals surface area contributed by atoms with Crippen LogP contribution in [-0.2, 0) is 0 Å². The average Bonchev–Trinajstić information content (AvgIpc) is 2.56. The van der Waals surface area contributed by atoms with Crippen LogP contribution in [0.3, 0.4) is 0 Å². The van der Waals surface area contributed by atoms with E-state index < -0.39 is 0 Å². The molecule has 1 aromatic heterocycles. The summed E-state index contributed by atoms with van der Waals surface area (Å²) < 4.78 is 0. The first-order valence-electron chi connectivity index (χ1n) is 4.17. The van der Waals surface area contributed by atoms with Crippen LogP contribution < -0.4 is 11.1 Å². The molecule has 0 spiro atoms. The van der Waals surface area contributed by atoms with Gasteiger partial charge < -0.3 is 11.1 Å². The number of hydrogen-bond donors (Lipinski definition) is 2. The molecule has 0 aromatic carbocycles. The monoisotopic (exact) mass is 164 g/mol. The average molecular weight is 164 g/mol. The fourth-order valence-electron chi connectivity index (χ4n) is 1.52. The molecular formula is C8H12N4. The molecule has 2 rings (SSSR count). The van der Waals surface area contributed by atoms with Crippen molar-refractivity contribution in [2.75, 3.05) is 12.3 Å². The molecule has 1 aliphatic rings. The molecule has 4 heteroatoms. The Hall–Kier alpha value is -1.16. The third-order valence-corrected chi connectivity index (χ3v) is 2.13. The van der Waals surface area contributed by atoms with Crippen molar-refractivity contribution in [3.63, 3.8) is 0 Å². The summed E-state index contributed by atoms with van der Waals surface area (Å²) in [5.41, 5.74) is 6.56. The van der Waals surface area contributed by atoms with Crippen LogP contribution in [0.5, 0.6) is 0 Å². The van der Waals surface area contributed by atoms with E-state index in [0.717, 1.165) is 18.7 Å². The molecule has 0 unspecified atom stereocenters. The number of hydrogen-bond acceptors (Lipinski definition) is 4. The number of nitrogen functional groups attached to an aromatic ring is 1. The van der Waals surface area contributed by atoms with Gasteiger partial charge in [0.05, 0.1) is 5.69 Å². The fraction of sp³-hybridized carbons (Fsp3) is 0.500. The molecule has 1 saturated heterocycles. The summed E-state index contributed by atoms with van der Waals surface area (Å²) in [4.78, 5) is 8.02. The Morgan fingerprint density at radius 2 is 2.42 bits per heavy atom. The van der Waals surface area contributed by atoms with Gasteiger partial charge in [-0.2, -0.15) is 0 Å². The normalized spacial score (nSPS) is 22.8. The van der Waals surface area contributed by atoms with Crippen LogP contribution in [0.25, 0.3) is 0 Å². The maximum Gasteiger partial charge on any atom is 0.127 e. The summed E-state index contributed by atoms with van der Waals surface area (Å²) in [5.74, 6) is 0.550. The molecule has 1 atom stereocenters. The van der Waals surface area contributed by atoms with E-state index in [1.165, 1.54) is 12.7 Å². The second-order valence-corrected chi connectivity index (χ2v) is 3.02. The number of nitrogens with zero attached hydrogens (tertiary/aromatic N) is 2. The lowest BCUT2D eigenvalue weighted by Gasteiger charge is -2.08. The number of rotatable bonds is 1. The van der Waals surface area contributed by atoms with Crippen LogP contribution in [0.4, 0.5) is 5.82 Å². The van der Waals surface area contributed by atoms with E-state index in [2.05, 4.69) is 15.3 Å². The van der Waals surface area contributed by atoms with Crippen LogP contribution >= 0.6 is 0 Å². The molecule has 0 radical (unpaired) electrons. The molecule has 1 fully saturated rings. The molecule has 0 aliphatic carbocycles. The first-order valence-corrected chi connectivity index (χ1v) is 4.17. The van der Waals surface area contributed by atoms with Crippen LogP contribution in [-0.4, -0.2) is 16.5 Å². The Morgan fingerprint density at radius 3 is 3.08 bits per heavy atom. The van der Waals surface area contributed by atoms with Crippen molar-refractivity contribution in [2.45, 2.75) is 18.9 Å². The highest BCUT2D eigenvalue weighted by Crippen LogP contribution is 2.21. The third-order valence-electron chi connectivity index (χ3n) is 2.13. The molecule has 0 saturated carbocycles. The van der Waals surface area contributed by atoms with E-state index in [4.69, 9.17) is 5.73 Å². The van der Waals surface area contributed by atoms with Crippen molar-refractivity contribution in [1.29, 1.82) is 0 Å². The molecular weight excluding hydrogens is 152 g/mol. The first-order chi connectivity index (χ1) is 5.86. The Labute approximate surface area is 71.2 Å². The Bertz CT molecular complexity index is 268. The summed E-state index contributed by atoms with van der Waals surface area (Å²) >= 11 is 0. The molecule has 3 N–H and O–H groups in total.